The van der Waals surface area contributed by atoms with Gasteiger partial charge in [0.1, 0.15) is 5.75 Å². The minimum absolute atomic E-state index is 0.161. The average molecular weight is 472 g/mol. The van der Waals surface area contributed by atoms with Crippen molar-refractivity contribution in [1.82, 2.24) is 20.6 Å². The predicted molar refractivity (Wildman–Crippen MR) is 122 cm³/mol. The summed E-state index contributed by atoms with van der Waals surface area (Å²) in [5, 5.41) is 19.9. The van der Waals surface area contributed by atoms with Crippen molar-refractivity contribution in [2.75, 3.05) is 7.11 Å². The second kappa shape index (κ2) is 8.85. The molecule has 8 nitrogen and oxygen atoms in total. The monoisotopic (exact) mass is 471 g/mol. The van der Waals surface area contributed by atoms with E-state index in [0.29, 0.717) is 23.7 Å². The van der Waals surface area contributed by atoms with Gasteiger partial charge in [-0.3, -0.25) is 0 Å². The van der Waals surface area contributed by atoms with Gasteiger partial charge in [0.25, 0.3) is 0 Å². The third-order valence-corrected chi connectivity index (χ3v) is 7.13. The van der Waals surface area contributed by atoms with E-state index in [9.17, 15) is 8.42 Å². The van der Waals surface area contributed by atoms with Crippen LogP contribution in [0.5, 0.6) is 5.75 Å². The summed E-state index contributed by atoms with van der Waals surface area (Å²) in [6.45, 7) is 0. The smallest absolute Gasteiger partial charge is 0.234 e. The van der Waals surface area contributed by atoms with Gasteiger partial charge in [-0.25, -0.2) is 18.7 Å². The van der Waals surface area contributed by atoms with Gasteiger partial charge in [0.2, 0.25) is 10.0 Å². The molecule has 32 heavy (non-hydrogen) atoms. The summed E-state index contributed by atoms with van der Waals surface area (Å²) in [7, 11) is -2.24. The highest BCUT2D eigenvalue weighted by atomic mass is 35.5. The number of halogens is 1. The number of sulfonamides is 1. The van der Waals surface area contributed by atoms with E-state index in [0.717, 1.165) is 22.4 Å². The van der Waals surface area contributed by atoms with Crippen molar-refractivity contribution < 1.29 is 13.2 Å². The maximum Gasteiger partial charge on any atom is 0.234 e. The lowest BCUT2D eigenvalue weighted by atomic mass is 9.72. The molecule has 0 bridgehead atoms. The number of hydrogen-bond acceptors (Lipinski definition) is 6. The molecule has 10 heteroatoms. The van der Waals surface area contributed by atoms with E-state index in [1.807, 2.05) is 48.5 Å². The number of rotatable bonds is 7. The largest absolute Gasteiger partial charge is 0.497 e. The Bertz CT molecular complexity index is 1270. The molecule has 0 fully saturated rings. The van der Waals surface area contributed by atoms with Crippen LogP contribution in [0.4, 0.5) is 0 Å². The van der Waals surface area contributed by atoms with Gasteiger partial charge < -0.3 is 4.74 Å². The SMILES string of the molecule is COc1cccc(CC2(Cc3ccc(-c4nnn[nH]4)cc3)CC(S(N)(=O)=O)=CC=C2Cl)c1. The van der Waals surface area contributed by atoms with Crippen molar-refractivity contribution in [3.8, 4) is 17.1 Å². The average Bonchev–Trinajstić information content (AvgIpc) is 3.30. The second-order valence-electron chi connectivity index (χ2n) is 7.80. The van der Waals surface area contributed by atoms with Crippen LogP contribution in [0.2, 0.25) is 0 Å². The molecular formula is C22H22ClN5O3S. The quantitative estimate of drug-likeness (QED) is 0.544. The van der Waals surface area contributed by atoms with Gasteiger partial charge in [-0.1, -0.05) is 48.0 Å². The lowest BCUT2D eigenvalue weighted by Gasteiger charge is -2.36. The second-order valence-corrected chi connectivity index (χ2v) is 9.82. The van der Waals surface area contributed by atoms with E-state index in [4.69, 9.17) is 21.5 Å². The molecule has 1 heterocycles. The third kappa shape index (κ3) is 4.74. The van der Waals surface area contributed by atoms with Crippen LogP contribution in [0.25, 0.3) is 11.4 Å². The standard InChI is InChI=1S/C22H22ClN5O3S/c1-31-18-4-2-3-16(11-18)13-22(14-19(32(24,29)30)9-10-20(22)23)12-15-5-7-17(8-6-15)21-25-27-28-26-21/h2-11H,12-14H2,1H3,(H2,24,29,30)(H,25,26,27,28). The lowest BCUT2D eigenvalue weighted by molar-refractivity contribution is 0.361. The molecule has 1 aliphatic rings. The maximum atomic E-state index is 12.2. The van der Waals surface area contributed by atoms with Crippen LogP contribution in [0.15, 0.2) is 70.6 Å². The van der Waals surface area contributed by atoms with E-state index >= 15 is 0 Å². The topological polar surface area (TPSA) is 124 Å². The highest BCUT2D eigenvalue weighted by Crippen LogP contribution is 2.46. The summed E-state index contributed by atoms with van der Waals surface area (Å²) in [6, 6.07) is 15.4. The fraction of sp³-hybridized carbons (Fsp3) is 0.227. The zero-order valence-electron chi connectivity index (χ0n) is 17.3. The van der Waals surface area contributed by atoms with E-state index in [-0.39, 0.29) is 11.3 Å². The molecule has 1 aliphatic carbocycles. The molecule has 0 saturated carbocycles. The predicted octanol–water partition coefficient (Wildman–Crippen LogP) is 3.35. The number of tetrazole rings is 1. The Morgan fingerprint density at radius 3 is 2.53 bits per heavy atom. The molecule has 0 aliphatic heterocycles. The number of allylic oxidation sites excluding steroid dienone is 4. The summed E-state index contributed by atoms with van der Waals surface area (Å²) in [5.41, 5.74) is 2.14. The Hall–Kier alpha value is -3.01. The van der Waals surface area contributed by atoms with Crippen LogP contribution in [0, 0.1) is 5.41 Å². The summed E-state index contributed by atoms with van der Waals surface area (Å²) < 4.78 is 29.7. The number of H-pyrrole nitrogens is 1. The van der Waals surface area contributed by atoms with Crippen LogP contribution in [-0.4, -0.2) is 36.2 Å². The molecule has 1 atom stereocenters. The Kier molecular flexibility index (Phi) is 6.14. The van der Waals surface area contributed by atoms with Crippen LogP contribution >= 0.6 is 11.6 Å². The fourth-order valence-corrected chi connectivity index (χ4v) is 5.00. The number of nitrogens with one attached hydrogen (secondary N) is 1. The highest BCUT2D eigenvalue weighted by molar-refractivity contribution is 7.93. The van der Waals surface area contributed by atoms with Crippen LogP contribution in [0.3, 0.4) is 0 Å². The van der Waals surface area contributed by atoms with Gasteiger partial charge in [-0.2, -0.15) is 0 Å². The van der Waals surface area contributed by atoms with Crippen molar-refractivity contribution in [1.29, 1.82) is 0 Å². The highest BCUT2D eigenvalue weighted by Gasteiger charge is 2.39. The first-order valence-electron chi connectivity index (χ1n) is 9.85. The van der Waals surface area contributed by atoms with Crippen molar-refractivity contribution in [3.63, 3.8) is 0 Å². The van der Waals surface area contributed by atoms with Gasteiger partial charge in [0.05, 0.1) is 12.0 Å². The maximum absolute atomic E-state index is 12.2. The normalized spacial score (nSPS) is 18.7. The molecular weight excluding hydrogens is 450 g/mol. The van der Waals surface area contributed by atoms with Crippen LogP contribution < -0.4 is 9.88 Å². The number of ether oxygens (including phenoxy) is 1. The van der Waals surface area contributed by atoms with E-state index in [1.54, 1.807) is 13.2 Å². The van der Waals surface area contributed by atoms with Crippen molar-refractivity contribution >= 4 is 21.6 Å². The van der Waals surface area contributed by atoms with E-state index in [1.165, 1.54) is 6.08 Å². The summed E-state index contributed by atoms with van der Waals surface area (Å²) in [4.78, 5) is 0.161. The fourth-order valence-electron chi connectivity index (χ4n) is 4.00. The van der Waals surface area contributed by atoms with E-state index < -0.39 is 15.4 Å². The lowest BCUT2D eigenvalue weighted by Crippen LogP contribution is -2.32. The number of primary sulfonamides is 1. The van der Waals surface area contributed by atoms with Gasteiger partial charge in [-0.05, 0) is 65.1 Å². The molecule has 166 valence electrons. The van der Waals surface area contributed by atoms with E-state index in [2.05, 4.69) is 20.6 Å². The molecule has 2 aromatic carbocycles. The minimum atomic E-state index is -3.85. The molecule has 3 aromatic rings. The number of hydrogen-bond donors (Lipinski definition) is 2. The third-order valence-electron chi connectivity index (χ3n) is 5.59. The molecule has 4 rings (SSSR count). The van der Waals surface area contributed by atoms with Gasteiger partial charge in [0, 0.05) is 16.0 Å². The molecule has 0 saturated heterocycles. The molecule has 0 spiro atoms. The Morgan fingerprint density at radius 2 is 1.88 bits per heavy atom. The molecule has 1 unspecified atom stereocenters. The first-order chi connectivity index (χ1) is 15.3. The van der Waals surface area contributed by atoms with Gasteiger partial charge in [0.15, 0.2) is 5.82 Å². The zero-order chi connectivity index (χ0) is 22.8. The molecule has 1 aromatic heterocycles. The van der Waals surface area contributed by atoms with Crippen LogP contribution in [0.1, 0.15) is 17.5 Å². The number of methoxy groups -OCH3 is 1. The zero-order valence-corrected chi connectivity index (χ0v) is 18.9. The van der Waals surface area contributed by atoms with Crippen molar-refractivity contribution in [3.05, 3.63) is 81.7 Å². The summed E-state index contributed by atoms with van der Waals surface area (Å²) in [5.74, 6) is 1.29. The van der Waals surface area contributed by atoms with Crippen molar-refractivity contribution in [2.24, 2.45) is 10.6 Å². The summed E-state index contributed by atoms with van der Waals surface area (Å²) >= 11 is 6.76. The molecule has 0 amide bonds. The first kappa shape index (κ1) is 22.2. The van der Waals surface area contributed by atoms with Crippen LogP contribution in [-0.2, 0) is 22.9 Å². The Morgan fingerprint density at radius 1 is 1.12 bits per heavy atom. The van der Waals surface area contributed by atoms with Gasteiger partial charge >= 0.3 is 0 Å². The van der Waals surface area contributed by atoms with Gasteiger partial charge in [-0.15, -0.1) is 5.10 Å². The number of aromatic amines is 1. The number of aromatic nitrogens is 4. The Labute approximate surface area is 191 Å². The minimum Gasteiger partial charge on any atom is -0.497 e. The Balaban J connectivity index is 1.70. The first-order valence-corrected chi connectivity index (χ1v) is 11.8. The van der Waals surface area contributed by atoms with Crippen molar-refractivity contribution in [2.45, 2.75) is 19.3 Å². The number of nitrogens with zero attached hydrogens (tertiary/aromatic N) is 3. The number of nitrogens with two attached hydrogens (primary N) is 1. The molecule has 0 radical (unpaired) electrons. The summed E-state index contributed by atoms with van der Waals surface area (Å²) in [6.07, 6.45) is 4.36. The number of benzene rings is 2. The molecule has 3 N–H and O–H groups in total.